The number of hydrogen-bond donors (Lipinski definition) is 1. The average Bonchev–Trinajstić information content (AvgIpc) is 1.98. The number of nitrogens with one attached hydrogen (secondary N) is 1. The summed E-state index contributed by atoms with van der Waals surface area (Å²) in [4.78, 5) is 0. The summed E-state index contributed by atoms with van der Waals surface area (Å²) in [7, 11) is 3.71. The quantitative estimate of drug-likeness (QED) is 0.630. The van der Waals surface area contributed by atoms with Crippen LogP contribution in [0.15, 0.2) is 0 Å². The van der Waals surface area contributed by atoms with Gasteiger partial charge in [-0.3, -0.25) is 0 Å². The van der Waals surface area contributed by atoms with Gasteiger partial charge in [0.15, 0.2) is 0 Å². The molecule has 0 aliphatic heterocycles. The summed E-state index contributed by atoms with van der Waals surface area (Å²) in [6.45, 7) is 2.98. The van der Waals surface area contributed by atoms with E-state index in [1.54, 1.807) is 7.11 Å². The molecule has 3 heteroatoms. The van der Waals surface area contributed by atoms with E-state index in [9.17, 15) is 0 Å². The van der Waals surface area contributed by atoms with E-state index in [0.29, 0.717) is 6.04 Å². The van der Waals surface area contributed by atoms with Crippen LogP contribution in [0.2, 0.25) is 0 Å². The van der Waals surface area contributed by atoms with Crippen molar-refractivity contribution in [3.63, 3.8) is 0 Å². The summed E-state index contributed by atoms with van der Waals surface area (Å²) in [6, 6.07) is 0.509. The molecule has 1 N–H and O–H groups in total. The van der Waals surface area contributed by atoms with Gasteiger partial charge in [-0.2, -0.15) is 11.8 Å². The van der Waals surface area contributed by atoms with Crippen molar-refractivity contribution < 1.29 is 4.74 Å². The molecule has 0 aromatic rings. The smallest absolute Gasteiger partial charge is 0.0623 e. The number of thioether (sulfide) groups is 1. The van der Waals surface area contributed by atoms with E-state index < -0.39 is 0 Å². The molecule has 0 rings (SSSR count). The molecule has 10 heavy (non-hydrogen) atoms. The van der Waals surface area contributed by atoms with Gasteiger partial charge in [-0.15, -0.1) is 0 Å². The molecule has 0 aromatic heterocycles. The van der Waals surface area contributed by atoms with Crippen LogP contribution < -0.4 is 5.32 Å². The number of ether oxygens (including phenoxy) is 1. The van der Waals surface area contributed by atoms with Crippen LogP contribution in [0, 0.1) is 0 Å². The standard InChI is InChI=1S/C7H17NOS/c1-4-10-6-7(8-2)5-9-3/h7-8H,4-6H2,1-3H3. The van der Waals surface area contributed by atoms with Crippen LogP contribution in [0.5, 0.6) is 0 Å². The summed E-state index contributed by atoms with van der Waals surface area (Å²) in [5.41, 5.74) is 0. The maximum Gasteiger partial charge on any atom is 0.0623 e. The Kier molecular flexibility index (Phi) is 7.58. The highest BCUT2D eigenvalue weighted by molar-refractivity contribution is 7.99. The van der Waals surface area contributed by atoms with E-state index in [4.69, 9.17) is 4.74 Å². The van der Waals surface area contributed by atoms with Crippen molar-refractivity contribution in [1.29, 1.82) is 0 Å². The van der Waals surface area contributed by atoms with Gasteiger partial charge in [0, 0.05) is 18.9 Å². The number of rotatable bonds is 6. The van der Waals surface area contributed by atoms with E-state index in [0.717, 1.165) is 12.4 Å². The second-order valence-corrected chi connectivity index (χ2v) is 3.42. The van der Waals surface area contributed by atoms with E-state index >= 15 is 0 Å². The lowest BCUT2D eigenvalue weighted by atomic mass is 10.4. The van der Waals surface area contributed by atoms with Gasteiger partial charge in [-0.1, -0.05) is 6.92 Å². The largest absolute Gasteiger partial charge is 0.383 e. The van der Waals surface area contributed by atoms with Crippen molar-refractivity contribution in [2.45, 2.75) is 13.0 Å². The van der Waals surface area contributed by atoms with Crippen LogP contribution in [0.3, 0.4) is 0 Å². The highest BCUT2D eigenvalue weighted by Crippen LogP contribution is 2.01. The molecule has 0 fully saturated rings. The third-order valence-electron chi connectivity index (χ3n) is 1.30. The first-order valence-corrected chi connectivity index (χ1v) is 4.74. The van der Waals surface area contributed by atoms with E-state index in [2.05, 4.69) is 12.2 Å². The molecule has 1 atom stereocenters. The van der Waals surface area contributed by atoms with Crippen molar-refractivity contribution in [2.24, 2.45) is 0 Å². The van der Waals surface area contributed by atoms with Crippen LogP contribution in [0.1, 0.15) is 6.92 Å². The first kappa shape index (κ1) is 10.3. The minimum atomic E-state index is 0.509. The maximum atomic E-state index is 5.02. The van der Waals surface area contributed by atoms with Gasteiger partial charge >= 0.3 is 0 Å². The van der Waals surface area contributed by atoms with Crippen LogP contribution >= 0.6 is 11.8 Å². The van der Waals surface area contributed by atoms with Gasteiger partial charge in [0.05, 0.1) is 6.61 Å². The van der Waals surface area contributed by atoms with Crippen molar-refractivity contribution in [3.05, 3.63) is 0 Å². The Labute approximate surface area is 67.7 Å². The van der Waals surface area contributed by atoms with Crippen LogP contribution in [0.25, 0.3) is 0 Å². The van der Waals surface area contributed by atoms with E-state index in [1.165, 1.54) is 5.75 Å². The Balaban J connectivity index is 3.21. The summed E-state index contributed by atoms with van der Waals surface area (Å²) in [5.74, 6) is 2.32. The normalized spacial score (nSPS) is 13.5. The molecule has 2 nitrogen and oxygen atoms in total. The summed E-state index contributed by atoms with van der Waals surface area (Å²) in [6.07, 6.45) is 0. The second kappa shape index (κ2) is 7.38. The Hall–Kier alpha value is 0.270. The molecule has 0 spiro atoms. The minimum Gasteiger partial charge on any atom is -0.383 e. The highest BCUT2D eigenvalue weighted by Gasteiger charge is 2.02. The van der Waals surface area contributed by atoms with Crippen LogP contribution in [-0.2, 0) is 4.74 Å². The molecule has 62 valence electrons. The third-order valence-corrected chi connectivity index (χ3v) is 2.35. The first-order chi connectivity index (χ1) is 4.85. The molecular formula is C7H17NOS. The zero-order chi connectivity index (χ0) is 7.82. The van der Waals surface area contributed by atoms with Crippen molar-refractivity contribution in [3.8, 4) is 0 Å². The van der Waals surface area contributed by atoms with Crippen molar-refractivity contribution >= 4 is 11.8 Å². The lowest BCUT2D eigenvalue weighted by Crippen LogP contribution is -2.32. The molecular weight excluding hydrogens is 146 g/mol. The van der Waals surface area contributed by atoms with Gasteiger partial charge in [0.2, 0.25) is 0 Å². The molecule has 0 bridgehead atoms. The van der Waals surface area contributed by atoms with Gasteiger partial charge in [0.1, 0.15) is 0 Å². The Morgan fingerprint density at radius 2 is 2.30 bits per heavy atom. The number of likely N-dealkylation sites (N-methyl/N-ethyl adjacent to an activating group) is 1. The molecule has 0 aliphatic carbocycles. The van der Waals surface area contributed by atoms with Gasteiger partial charge in [-0.25, -0.2) is 0 Å². The fraction of sp³-hybridized carbons (Fsp3) is 1.00. The molecule has 0 saturated heterocycles. The third kappa shape index (κ3) is 5.09. The topological polar surface area (TPSA) is 21.3 Å². The molecule has 0 aliphatic rings. The van der Waals surface area contributed by atoms with Crippen molar-refractivity contribution in [2.75, 3.05) is 32.3 Å². The van der Waals surface area contributed by atoms with E-state index in [1.807, 2.05) is 18.8 Å². The zero-order valence-electron chi connectivity index (χ0n) is 7.02. The molecule has 0 radical (unpaired) electrons. The Morgan fingerprint density at radius 1 is 1.60 bits per heavy atom. The minimum absolute atomic E-state index is 0.509. The molecule has 1 unspecified atom stereocenters. The first-order valence-electron chi connectivity index (χ1n) is 3.59. The summed E-state index contributed by atoms with van der Waals surface area (Å²) < 4.78 is 5.02. The second-order valence-electron chi connectivity index (χ2n) is 2.10. The van der Waals surface area contributed by atoms with Crippen molar-refractivity contribution in [1.82, 2.24) is 5.32 Å². The molecule has 0 heterocycles. The van der Waals surface area contributed by atoms with Gasteiger partial charge in [0.25, 0.3) is 0 Å². The zero-order valence-corrected chi connectivity index (χ0v) is 7.83. The SMILES string of the molecule is CCSCC(COC)NC. The average molecular weight is 163 g/mol. The molecule has 0 aromatic carbocycles. The fourth-order valence-corrected chi connectivity index (χ4v) is 1.46. The Morgan fingerprint density at radius 3 is 2.70 bits per heavy atom. The predicted molar refractivity (Wildman–Crippen MR) is 47.7 cm³/mol. The summed E-state index contributed by atoms with van der Waals surface area (Å²) >= 11 is 1.94. The Bertz CT molecular complexity index is 70.6. The number of methoxy groups -OCH3 is 1. The molecule has 0 saturated carbocycles. The van der Waals surface area contributed by atoms with Gasteiger partial charge in [-0.05, 0) is 12.8 Å². The van der Waals surface area contributed by atoms with Crippen LogP contribution in [-0.4, -0.2) is 38.3 Å². The van der Waals surface area contributed by atoms with Crippen LogP contribution in [0.4, 0.5) is 0 Å². The maximum absolute atomic E-state index is 5.02. The summed E-state index contributed by atoms with van der Waals surface area (Å²) in [5, 5.41) is 3.19. The van der Waals surface area contributed by atoms with Gasteiger partial charge < -0.3 is 10.1 Å². The number of hydrogen-bond acceptors (Lipinski definition) is 3. The molecule has 0 amide bonds. The van der Waals surface area contributed by atoms with E-state index in [-0.39, 0.29) is 0 Å². The fourth-order valence-electron chi connectivity index (χ4n) is 0.676. The monoisotopic (exact) mass is 163 g/mol. The lowest BCUT2D eigenvalue weighted by molar-refractivity contribution is 0.177. The lowest BCUT2D eigenvalue weighted by Gasteiger charge is -2.13. The highest BCUT2D eigenvalue weighted by atomic mass is 32.2. The predicted octanol–water partition coefficient (Wildman–Crippen LogP) is 0.974.